The van der Waals surface area contributed by atoms with Gasteiger partial charge in [0.05, 0.1) is 13.0 Å². The molecule has 0 unspecified atom stereocenters. The Labute approximate surface area is 92.7 Å². The van der Waals surface area contributed by atoms with Crippen LogP contribution in [0.5, 0.6) is 0 Å². The number of hydrogen-bond donors (Lipinski definition) is 0. The normalized spacial score (nSPS) is 22.7. The van der Waals surface area contributed by atoms with Gasteiger partial charge < -0.3 is 4.74 Å². The summed E-state index contributed by atoms with van der Waals surface area (Å²) >= 11 is 0. The van der Waals surface area contributed by atoms with E-state index in [1.54, 1.807) is 0 Å². The molecule has 1 aliphatic carbocycles. The van der Waals surface area contributed by atoms with Crippen LogP contribution >= 0.6 is 0 Å². The second-order valence-electron chi connectivity index (χ2n) is 5.07. The number of rotatable bonds is 3. The van der Waals surface area contributed by atoms with Gasteiger partial charge in [0.2, 0.25) is 0 Å². The molecule has 1 aliphatic rings. The zero-order valence-electron chi connectivity index (χ0n) is 10.1. The van der Waals surface area contributed by atoms with Crippen LogP contribution in [0.15, 0.2) is 11.6 Å². The lowest BCUT2D eigenvalue weighted by molar-refractivity contribution is -0.142. The number of ether oxygens (including phenoxy) is 1. The Morgan fingerprint density at radius 1 is 1.53 bits per heavy atom. The standard InChI is InChI=1S/C13H22O2/c1-4-15-12(14)8-7-11-6-5-9-13(2,3)10-11/h7H,4-6,8-10H2,1-3H3. The van der Waals surface area contributed by atoms with Gasteiger partial charge in [-0.05, 0) is 38.0 Å². The summed E-state index contributed by atoms with van der Waals surface area (Å²) in [5, 5.41) is 0. The molecule has 0 radical (unpaired) electrons. The molecule has 0 N–H and O–H groups in total. The molecule has 15 heavy (non-hydrogen) atoms. The predicted octanol–water partition coefficient (Wildman–Crippen LogP) is 3.47. The number of hydrogen-bond acceptors (Lipinski definition) is 2. The summed E-state index contributed by atoms with van der Waals surface area (Å²) in [6.07, 6.45) is 7.35. The smallest absolute Gasteiger partial charge is 0.309 e. The maximum Gasteiger partial charge on any atom is 0.309 e. The third kappa shape index (κ3) is 4.50. The molecule has 0 amide bonds. The lowest BCUT2D eigenvalue weighted by atomic mass is 9.75. The molecule has 0 bridgehead atoms. The van der Waals surface area contributed by atoms with Crippen molar-refractivity contribution < 1.29 is 9.53 Å². The maximum atomic E-state index is 11.2. The molecule has 0 aromatic carbocycles. The molecule has 0 saturated heterocycles. The zero-order chi connectivity index (χ0) is 11.3. The Morgan fingerprint density at radius 2 is 2.27 bits per heavy atom. The molecular weight excluding hydrogens is 188 g/mol. The third-order valence-corrected chi connectivity index (χ3v) is 2.92. The molecule has 0 heterocycles. The van der Waals surface area contributed by atoms with Gasteiger partial charge >= 0.3 is 5.97 Å². The quantitative estimate of drug-likeness (QED) is 0.526. The summed E-state index contributed by atoms with van der Waals surface area (Å²) in [6, 6.07) is 0. The SMILES string of the molecule is CCOC(=O)CC=C1CCCC(C)(C)C1. The average Bonchev–Trinajstić information content (AvgIpc) is 2.14. The zero-order valence-corrected chi connectivity index (χ0v) is 10.1. The van der Waals surface area contributed by atoms with Crippen molar-refractivity contribution in [3.8, 4) is 0 Å². The molecule has 0 atom stereocenters. The topological polar surface area (TPSA) is 26.3 Å². The fraction of sp³-hybridized carbons (Fsp3) is 0.769. The van der Waals surface area contributed by atoms with Gasteiger partial charge in [-0.1, -0.05) is 25.5 Å². The van der Waals surface area contributed by atoms with Crippen molar-refractivity contribution in [1.82, 2.24) is 0 Å². The third-order valence-electron chi connectivity index (χ3n) is 2.92. The Hall–Kier alpha value is -0.790. The van der Waals surface area contributed by atoms with E-state index in [0.29, 0.717) is 18.4 Å². The van der Waals surface area contributed by atoms with Gasteiger partial charge in [-0.3, -0.25) is 4.79 Å². The molecule has 2 heteroatoms. The number of esters is 1. The fourth-order valence-electron chi connectivity index (χ4n) is 2.21. The van der Waals surface area contributed by atoms with Crippen LogP contribution in [0.25, 0.3) is 0 Å². The predicted molar refractivity (Wildman–Crippen MR) is 61.6 cm³/mol. The van der Waals surface area contributed by atoms with Gasteiger partial charge in [-0.15, -0.1) is 0 Å². The molecule has 1 fully saturated rings. The van der Waals surface area contributed by atoms with Gasteiger partial charge in [-0.25, -0.2) is 0 Å². The van der Waals surface area contributed by atoms with Crippen molar-refractivity contribution in [2.45, 2.75) is 52.9 Å². The first kappa shape index (κ1) is 12.3. The first-order valence-electron chi connectivity index (χ1n) is 5.87. The van der Waals surface area contributed by atoms with E-state index in [4.69, 9.17) is 4.74 Å². The lowest BCUT2D eigenvalue weighted by Gasteiger charge is -2.31. The Bertz CT molecular complexity index is 251. The van der Waals surface area contributed by atoms with E-state index in [9.17, 15) is 4.79 Å². The van der Waals surface area contributed by atoms with E-state index < -0.39 is 0 Å². The summed E-state index contributed by atoms with van der Waals surface area (Å²) in [6.45, 7) is 6.91. The summed E-state index contributed by atoms with van der Waals surface area (Å²) in [5.41, 5.74) is 1.85. The summed E-state index contributed by atoms with van der Waals surface area (Å²) < 4.78 is 4.90. The van der Waals surface area contributed by atoms with Crippen LogP contribution in [0.2, 0.25) is 0 Å². The molecule has 86 valence electrons. The van der Waals surface area contributed by atoms with E-state index >= 15 is 0 Å². The highest BCUT2D eigenvalue weighted by atomic mass is 16.5. The first-order chi connectivity index (χ1) is 7.03. The fourth-order valence-corrected chi connectivity index (χ4v) is 2.21. The number of carbonyl (C=O) groups excluding carboxylic acids is 1. The van der Waals surface area contributed by atoms with Gasteiger partial charge in [-0.2, -0.15) is 0 Å². The highest BCUT2D eigenvalue weighted by Gasteiger charge is 2.23. The van der Waals surface area contributed by atoms with E-state index in [1.165, 1.54) is 18.4 Å². The number of carbonyl (C=O) groups is 1. The van der Waals surface area contributed by atoms with Crippen molar-refractivity contribution in [2.75, 3.05) is 6.61 Å². The van der Waals surface area contributed by atoms with E-state index in [2.05, 4.69) is 19.9 Å². The molecule has 1 saturated carbocycles. The molecule has 0 aromatic heterocycles. The Kier molecular flexibility index (Phi) is 4.37. The maximum absolute atomic E-state index is 11.2. The van der Waals surface area contributed by atoms with Gasteiger partial charge in [0.25, 0.3) is 0 Å². The van der Waals surface area contributed by atoms with Crippen molar-refractivity contribution in [3.63, 3.8) is 0 Å². The number of allylic oxidation sites excluding steroid dienone is 1. The molecule has 1 rings (SSSR count). The van der Waals surface area contributed by atoms with Crippen LogP contribution in [0.1, 0.15) is 52.9 Å². The monoisotopic (exact) mass is 210 g/mol. The average molecular weight is 210 g/mol. The second kappa shape index (κ2) is 5.34. The van der Waals surface area contributed by atoms with E-state index in [1.807, 2.05) is 6.92 Å². The van der Waals surface area contributed by atoms with Gasteiger partial charge in [0, 0.05) is 0 Å². The summed E-state index contributed by atoms with van der Waals surface area (Å²) in [7, 11) is 0. The minimum atomic E-state index is -0.103. The Balaban J connectivity index is 2.42. The van der Waals surface area contributed by atoms with Crippen LogP contribution in [0.4, 0.5) is 0 Å². The second-order valence-corrected chi connectivity index (χ2v) is 5.07. The van der Waals surface area contributed by atoms with E-state index in [-0.39, 0.29) is 5.97 Å². The van der Waals surface area contributed by atoms with Crippen molar-refractivity contribution in [2.24, 2.45) is 5.41 Å². The lowest BCUT2D eigenvalue weighted by Crippen LogP contribution is -2.17. The van der Waals surface area contributed by atoms with Crippen molar-refractivity contribution in [1.29, 1.82) is 0 Å². The molecule has 2 nitrogen and oxygen atoms in total. The summed E-state index contributed by atoms with van der Waals surface area (Å²) in [4.78, 5) is 11.2. The molecular formula is C13H22O2. The highest BCUT2D eigenvalue weighted by molar-refractivity contribution is 5.71. The van der Waals surface area contributed by atoms with Crippen LogP contribution in [-0.4, -0.2) is 12.6 Å². The first-order valence-corrected chi connectivity index (χ1v) is 5.87. The van der Waals surface area contributed by atoms with Crippen LogP contribution in [0.3, 0.4) is 0 Å². The van der Waals surface area contributed by atoms with Crippen molar-refractivity contribution >= 4 is 5.97 Å². The largest absolute Gasteiger partial charge is 0.466 e. The van der Waals surface area contributed by atoms with Gasteiger partial charge in [0.1, 0.15) is 0 Å². The Morgan fingerprint density at radius 3 is 2.87 bits per heavy atom. The highest BCUT2D eigenvalue weighted by Crippen LogP contribution is 2.38. The van der Waals surface area contributed by atoms with Crippen LogP contribution in [0, 0.1) is 5.41 Å². The van der Waals surface area contributed by atoms with Crippen molar-refractivity contribution in [3.05, 3.63) is 11.6 Å². The molecule has 0 aliphatic heterocycles. The summed E-state index contributed by atoms with van der Waals surface area (Å²) in [5.74, 6) is -0.103. The minimum absolute atomic E-state index is 0.103. The van der Waals surface area contributed by atoms with E-state index in [0.717, 1.165) is 12.8 Å². The van der Waals surface area contributed by atoms with Crippen LogP contribution < -0.4 is 0 Å². The van der Waals surface area contributed by atoms with Crippen LogP contribution in [-0.2, 0) is 9.53 Å². The van der Waals surface area contributed by atoms with Gasteiger partial charge in [0.15, 0.2) is 0 Å². The molecule has 0 aromatic rings. The molecule has 0 spiro atoms. The minimum Gasteiger partial charge on any atom is -0.466 e.